The first kappa shape index (κ1) is 13.7. The lowest BCUT2D eigenvalue weighted by Crippen LogP contribution is -2.33. The SMILES string of the molecule is CCOc1cncc(N(C)CCNC(C)C)n1. The number of nitrogens with zero attached hydrogens (tertiary/aromatic N) is 3. The van der Waals surface area contributed by atoms with Gasteiger partial charge in [-0.1, -0.05) is 13.8 Å². The Morgan fingerprint density at radius 3 is 2.82 bits per heavy atom. The number of nitrogens with one attached hydrogen (secondary N) is 1. The molecule has 0 unspecified atom stereocenters. The van der Waals surface area contributed by atoms with Gasteiger partial charge in [0.15, 0.2) is 5.82 Å². The molecule has 0 aliphatic heterocycles. The summed E-state index contributed by atoms with van der Waals surface area (Å²) in [6.45, 7) is 8.63. The van der Waals surface area contributed by atoms with E-state index in [0.29, 0.717) is 18.5 Å². The normalized spacial score (nSPS) is 10.6. The predicted molar refractivity (Wildman–Crippen MR) is 69.6 cm³/mol. The summed E-state index contributed by atoms with van der Waals surface area (Å²) in [6, 6.07) is 0.504. The summed E-state index contributed by atoms with van der Waals surface area (Å²) >= 11 is 0. The van der Waals surface area contributed by atoms with Gasteiger partial charge in [-0.2, -0.15) is 4.98 Å². The molecule has 0 aromatic carbocycles. The first-order chi connectivity index (χ1) is 8.13. The van der Waals surface area contributed by atoms with Crippen LogP contribution in [0.2, 0.25) is 0 Å². The summed E-state index contributed by atoms with van der Waals surface area (Å²) in [6.07, 6.45) is 3.38. The lowest BCUT2D eigenvalue weighted by molar-refractivity contribution is 0.325. The van der Waals surface area contributed by atoms with Crippen LogP contribution in [-0.4, -0.2) is 42.8 Å². The molecule has 0 atom stereocenters. The van der Waals surface area contributed by atoms with Crippen molar-refractivity contribution in [3.05, 3.63) is 12.4 Å². The minimum atomic E-state index is 0.504. The van der Waals surface area contributed by atoms with Crippen LogP contribution in [0.5, 0.6) is 5.88 Å². The van der Waals surface area contributed by atoms with Gasteiger partial charge in [-0.05, 0) is 6.92 Å². The molecule has 0 spiro atoms. The molecule has 0 bridgehead atoms. The smallest absolute Gasteiger partial charge is 0.234 e. The number of likely N-dealkylation sites (N-methyl/N-ethyl adjacent to an activating group) is 1. The highest BCUT2D eigenvalue weighted by Gasteiger charge is 2.04. The third-order valence-corrected chi connectivity index (χ3v) is 2.28. The lowest BCUT2D eigenvalue weighted by atomic mass is 10.4. The van der Waals surface area contributed by atoms with E-state index in [9.17, 15) is 0 Å². The zero-order chi connectivity index (χ0) is 12.7. The van der Waals surface area contributed by atoms with Crippen LogP contribution in [0.1, 0.15) is 20.8 Å². The van der Waals surface area contributed by atoms with E-state index in [1.807, 2.05) is 14.0 Å². The van der Waals surface area contributed by atoms with Crippen LogP contribution in [0.25, 0.3) is 0 Å². The second kappa shape index (κ2) is 7.06. The predicted octanol–water partition coefficient (Wildman–Crippen LogP) is 1.31. The Bertz CT molecular complexity index is 330. The molecule has 1 heterocycles. The molecule has 0 fully saturated rings. The minimum Gasteiger partial charge on any atom is -0.477 e. The first-order valence-electron chi connectivity index (χ1n) is 6.02. The molecule has 0 saturated heterocycles. The van der Waals surface area contributed by atoms with Gasteiger partial charge in [-0.3, -0.25) is 4.98 Å². The fourth-order valence-corrected chi connectivity index (χ4v) is 1.38. The van der Waals surface area contributed by atoms with Crippen LogP contribution < -0.4 is 15.0 Å². The molecule has 1 N–H and O–H groups in total. The number of hydrogen-bond donors (Lipinski definition) is 1. The van der Waals surface area contributed by atoms with E-state index in [0.717, 1.165) is 18.9 Å². The molecule has 0 radical (unpaired) electrons. The molecule has 0 amide bonds. The van der Waals surface area contributed by atoms with E-state index in [-0.39, 0.29) is 0 Å². The highest BCUT2D eigenvalue weighted by molar-refractivity contribution is 5.36. The lowest BCUT2D eigenvalue weighted by Gasteiger charge is -2.19. The Kier molecular flexibility index (Phi) is 5.69. The van der Waals surface area contributed by atoms with Crippen molar-refractivity contribution in [2.45, 2.75) is 26.8 Å². The Morgan fingerprint density at radius 2 is 2.18 bits per heavy atom. The van der Waals surface area contributed by atoms with Gasteiger partial charge in [-0.15, -0.1) is 0 Å². The van der Waals surface area contributed by atoms with E-state index in [2.05, 4.69) is 34.0 Å². The van der Waals surface area contributed by atoms with Gasteiger partial charge in [0, 0.05) is 26.2 Å². The molecule has 5 heteroatoms. The van der Waals surface area contributed by atoms with E-state index in [1.165, 1.54) is 0 Å². The molecule has 0 aliphatic carbocycles. The third kappa shape index (κ3) is 4.99. The summed E-state index contributed by atoms with van der Waals surface area (Å²) in [4.78, 5) is 10.6. The Hall–Kier alpha value is -1.36. The van der Waals surface area contributed by atoms with E-state index in [4.69, 9.17) is 4.74 Å². The highest BCUT2D eigenvalue weighted by Crippen LogP contribution is 2.11. The number of aromatic nitrogens is 2. The topological polar surface area (TPSA) is 50.3 Å². The summed E-state index contributed by atoms with van der Waals surface area (Å²) in [5.74, 6) is 1.41. The van der Waals surface area contributed by atoms with Gasteiger partial charge in [0.05, 0.1) is 19.0 Å². The summed E-state index contributed by atoms with van der Waals surface area (Å²) in [5.41, 5.74) is 0. The largest absolute Gasteiger partial charge is 0.477 e. The van der Waals surface area contributed by atoms with E-state index in [1.54, 1.807) is 12.4 Å². The monoisotopic (exact) mass is 238 g/mol. The third-order valence-electron chi connectivity index (χ3n) is 2.28. The summed E-state index contributed by atoms with van der Waals surface area (Å²) in [7, 11) is 2.00. The molecular formula is C12H22N4O. The summed E-state index contributed by atoms with van der Waals surface area (Å²) < 4.78 is 5.32. The van der Waals surface area contributed by atoms with Crippen molar-refractivity contribution >= 4 is 5.82 Å². The fraction of sp³-hybridized carbons (Fsp3) is 0.667. The van der Waals surface area contributed by atoms with Gasteiger partial charge >= 0.3 is 0 Å². The second-order valence-electron chi connectivity index (χ2n) is 4.18. The average Bonchev–Trinajstić information content (AvgIpc) is 2.29. The van der Waals surface area contributed by atoms with Crippen molar-refractivity contribution in [2.75, 3.05) is 31.6 Å². The highest BCUT2D eigenvalue weighted by atomic mass is 16.5. The van der Waals surface area contributed by atoms with Crippen LogP contribution in [0.15, 0.2) is 12.4 Å². The molecule has 96 valence electrons. The van der Waals surface area contributed by atoms with Crippen molar-refractivity contribution in [3.8, 4) is 5.88 Å². The van der Waals surface area contributed by atoms with Crippen molar-refractivity contribution in [2.24, 2.45) is 0 Å². The molecule has 17 heavy (non-hydrogen) atoms. The van der Waals surface area contributed by atoms with Gasteiger partial charge in [0.1, 0.15) is 0 Å². The zero-order valence-electron chi connectivity index (χ0n) is 11.1. The number of hydrogen-bond acceptors (Lipinski definition) is 5. The molecule has 5 nitrogen and oxygen atoms in total. The van der Waals surface area contributed by atoms with Crippen molar-refractivity contribution in [3.63, 3.8) is 0 Å². The van der Waals surface area contributed by atoms with E-state index < -0.39 is 0 Å². The second-order valence-corrected chi connectivity index (χ2v) is 4.18. The minimum absolute atomic E-state index is 0.504. The maximum absolute atomic E-state index is 5.32. The number of rotatable bonds is 7. The maximum atomic E-state index is 5.32. The molecule has 1 rings (SSSR count). The number of ether oxygens (including phenoxy) is 1. The Morgan fingerprint density at radius 1 is 1.41 bits per heavy atom. The quantitative estimate of drug-likeness (QED) is 0.776. The van der Waals surface area contributed by atoms with Crippen LogP contribution >= 0.6 is 0 Å². The van der Waals surface area contributed by atoms with Crippen molar-refractivity contribution < 1.29 is 4.74 Å². The first-order valence-corrected chi connectivity index (χ1v) is 6.02. The molecular weight excluding hydrogens is 216 g/mol. The van der Waals surface area contributed by atoms with Crippen molar-refractivity contribution in [1.29, 1.82) is 0 Å². The Labute approximate surface area is 103 Å². The van der Waals surface area contributed by atoms with Crippen LogP contribution in [0, 0.1) is 0 Å². The molecule has 1 aromatic heterocycles. The molecule has 0 aliphatic rings. The van der Waals surface area contributed by atoms with Crippen LogP contribution in [0.3, 0.4) is 0 Å². The van der Waals surface area contributed by atoms with Gasteiger partial charge in [0.25, 0.3) is 0 Å². The van der Waals surface area contributed by atoms with Gasteiger partial charge in [0.2, 0.25) is 5.88 Å². The fourth-order valence-electron chi connectivity index (χ4n) is 1.38. The molecule has 1 aromatic rings. The average molecular weight is 238 g/mol. The van der Waals surface area contributed by atoms with Gasteiger partial charge < -0.3 is 15.0 Å². The number of anilines is 1. The summed E-state index contributed by atoms with van der Waals surface area (Å²) in [5, 5.41) is 3.36. The molecule has 0 saturated carbocycles. The van der Waals surface area contributed by atoms with E-state index >= 15 is 0 Å². The van der Waals surface area contributed by atoms with Crippen molar-refractivity contribution in [1.82, 2.24) is 15.3 Å². The Balaban J connectivity index is 2.50. The maximum Gasteiger partial charge on any atom is 0.234 e. The van der Waals surface area contributed by atoms with Gasteiger partial charge in [-0.25, -0.2) is 0 Å². The zero-order valence-corrected chi connectivity index (χ0v) is 11.1. The standard InChI is InChI=1S/C12H22N4O/c1-5-17-12-9-13-8-11(15-12)16(4)7-6-14-10(2)3/h8-10,14H,5-7H2,1-4H3. The van der Waals surface area contributed by atoms with Crippen LogP contribution in [-0.2, 0) is 0 Å². The van der Waals surface area contributed by atoms with Crippen LogP contribution in [0.4, 0.5) is 5.82 Å².